The van der Waals surface area contributed by atoms with E-state index in [1.165, 1.54) is 19.0 Å². The summed E-state index contributed by atoms with van der Waals surface area (Å²) < 4.78 is 0. The van der Waals surface area contributed by atoms with E-state index in [0.717, 1.165) is 46.2 Å². The van der Waals surface area contributed by atoms with Crippen LogP contribution in [0.25, 0.3) is 11.3 Å². The molecule has 1 N–H and O–H groups in total. The minimum absolute atomic E-state index is 0.125. The monoisotopic (exact) mass is 567 g/mol. The van der Waals surface area contributed by atoms with Crippen molar-refractivity contribution in [1.29, 1.82) is 0 Å². The number of piperidine rings is 1. The molecular weight excluding hydrogens is 534 g/mol. The Hall–Kier alpha value is -2.88. The number of aryl methyl sites for hydroxylation is 1. The number of carboxylic acid groups (broad SMARTS) is 1. The zero-order valence-corrected chi connectivity index (χ0v) is 24.0. The first-order valence-corrected chi connectivity index (χ1v) is 14.8. The Bertz CT molecular complexity index is 1340. The van der Waals surface area contributed by atoms with E-state index >= 15 is 0 Å². The van der Waals surface area contributed by atoms with Crippen LogP contribution < -0.4 is 4.90 Å². The van der Waals surface area contributed by atoms with Crippen molar-refractivity contribution in [2.24, 2.45) is 5.92 Å². The van der Waals surface area contributed by atoms with Gasteiger partial charge in [-0.25, -0.2) is 15.0 Å². The second kappa shape index (κ2) is 12.1. The van der Waals surface area contributed by atoms with Crippen LogP contribution in [-0.4, -0.2) is 62.4 Å². The number of ketones is 1. The third-order valence-corrected chi connectivity index (χ3v) is 9.36. The number of Topliss-reactive ketones (excluding diaryl/α,β-unsaturated/α-hetero) is 1. The third kappa shape index (κ3) is 6.31. The Morgan fingerprint density at radius 2 is 1.92 bits per heavy atom. The van der Waals surface area contributed by atoms with Crippen LogP contribution in [-0.2, 0) is 17.8 Å². The average Bonchev–Trinajstić information content (AvgIpc) is 3.57. The van der Waals surface area contributed by atoms with Crippen molar-refractivity contribution >= 4 is 40.5 Å². The molecule has 0 bridgehead atoms. The van der Waals surface area contributed by atoms with Crippen LogP contribution in [0.5, 0.6) is 0 Å². The van der Waals surface area contributed by atoms with E-state index in [4.69, 9.17) is 16.6 Å². The molecule has 2 aliphatic rings. The van der Waals surface area contributed by atoms with Gasteiger partial charge in [0.25, 0.3) is 0 Å². The van der Waals surface area contributed by atoms with E-state index < -0.39 is 5.97 Å². The molecule has 3 aromatic rings. The number of aromatic nitrogens is 3. The molecule has 0 aliphatic carbocycles. The number of anilines is 1. The number of likely N-dealkylation sites (tertiary alicyclic amines) is 1. The minimum Gasteiger partial charge on any atom is -0.481 e. The summed E-state index contributed by atoms with van der Waals surface area (Å²) in [6.07, 6.45) is 8.00. The lowest BCUT2D eigenvalue weighted by Crippen LogP contribution is -2.36. The highest BCUT2D eigenvalue weighted by atomic mass is 35.5. The summed E-state index contributed by atoms with van der Waals surface area (Å²) in [7, 11) is 0. The Morgan fingerprint density at radius 3 is 2.59 bits per heavy atom. The van der Waals surface area contributed by atoms with Crippen molar-refractivity contribution in [2.45, 2.75) is 65.0 Å². The number of nitrogens with zero attached hydrogens (tertiary/aromatic N) is 5. The molecule has 0 amide bonds. The highest BCUT2D eigenvalue weighted by molar-refractivity contribution is 7.12. The summed E-state index contributed by atoms with van der Waals surface area (Å²) in [5, 5.41) is 10.7. The largest absolute Gasteiger partial charge is 0.481 e. The number of carbonyl (C=O) groups is 2. The van der Waals surface area contributed by atoms with E-state index in [1.807, 2.05) is 24.0 Å². The lowest BCUT2D eigenvalue weighted by atomic mass is 9.97. The fraction of sp³-hybridized carbons (Fsp3) is 0.483. The fourth-order valence-corrected chi connectivity index (χ4v) is 6.81. The van der Waals surface area contributed by atoms with E-state index in [0.29, 0.717) is 48.5 Å². The molecule has 0 saturated carbocycles. The van der Waals surface area contributed by atoms with Gasteiger partial charge in [-0.1, -0.05) is 30.7 Å². The minimum atomic E-state index is -0.744. The van der Waals surface area contributed by atoms with Gasteiger partial charge in [0.2, 0.25) is 0 Å². The Kier molecular flexibility index (Phi) is 8.59. The number of aliphatic carboxylic acids is 1. The predicted octanol–water partition coefficient (Wildman–Crippen LogP) is 5.66. The molecule has 2 fully saturated rings. The number of thiazole rings is 1. The Balaban J connectivity index is 1.32. The second-order valence-corrected chi connectivity index (χ2v) is 12.1. The van der Waals surface area contributed by atoms with Crippen LogP contribution in [0.2, 0.25) is 5.02 Å². The molecule has 4 heterocycles. The fourth-order valence-electron chi connectivity index (χ4n) is 5.51. The van der Waals surface area contributed by atoms with E-state index in [2.05, 4.69) is 27.9 Å². The lowest BCUT2D eigenvalue weighted by molar-refractivity contribution is -0.142. The molecule has 1 aromatic carbocycles. The molecule has 8 nitrogen and oxygen atoms in total. The summed E-state index contributed by atoms with van der Waals surface area (Å²) in [5.41, 5.74) is 3.20. The Labute approximate surface area is 238 Å². The van der Waals surface area contributed by atoms with Gasteiger partial charge in [-0.2, -0.15) is 0 Å². The number of hydrogen-bond acceptors (Lipinski definition) is 8. The highest BCUT2D eigenvalue weighted by Gasteiger charge is 2.27. The van der Waals surface area contributed by atoms with Crippen molar-refractivity contribution < 1.29 is 14.7 Å². The molecule has 2 aliphatic heterocycles. The molecular formula is C29H34ClN5O3S. The van der Waals surface area contributed by atoms with Crippen LogP contribution in [0.4, 0.5) is 5.82 Å². The molecule has 206 valence electrons. The van der Waals surface area contributed by atoms with E-state index in [9.17, 15) is 14.7 Å². The molecule has 2 aromatic heterocycles. The molecule has 10 heteroatoms. The molecule has 39 heavy (non-hydrogen) atoms. The van der Waals surface area contributed by atoms with Gasteiger partial charge in [0.05, 0.1) is 30.4 Å². The van der Waals surface area contributed by atoms with Gasteiger partial charge in [-0.05, 0) is 57.2 Å². The molecule has 0 spiro atoms. The van der Waals surface area contributed by atoms with Crippen LogP contribution >= 0.6 is 22.9 Å². The van der Waals surface area contributed by atoms with Crippen molar-refractivity contribution in [3.63, 3.8) is 0 Å². The smallest absolute Gasteiger partial charge is 0.306 e. The van der Waals surface area contributed by atoms with Gasteiger partial charge in [-0.15, -0.1) is 11.3 Å². The Morgan fingerprint density at radius 1 is 1.13 bits per heavy atom. The van der Waals surface area contributed by atoms with Crippen molar-refractivity contribution in [3.05, 3.63) is 56.8 Å². The van der Waals surface area contributed by atoms with Gasteiger partial charge in [-0.3, -0.25) is 14.5 Å². The zero-order chi connectivity index (χ0) is 27.5. The zero-order valence-electron chi connectivity index (χ0n) is 22.4. The first kappa shape index (κ1) is 27.7. The van der Waals surface area contributed by atoms with Crippen LogP contribution in [0.3, 0.4) is 0 Å². The topological polar surface area (TPSA) is 99.5 Å². The number of carbonyl (C=O) groups excluding carboxylic acids is 1. The summed E-state index contributed by atoms with van der Waals surface area (Å²) in [4.78, 5) is 43.9. The third-order valence-electron chi connectivity index (χ3n) is 7.91. The second-order valence-electron chi connectivity index (χ2n) is 10.5. The average molecular weight is 568 g/mol. The van der Waals surface area contributed by atoms with Crippen molar-refractivity contribution in [1.82, 2.24) is 19.9 Å². The standard InChI is InChI=1S/C29H34ClN5O3S/c1-3-21-5-4-10-35(21)17-25-28(20-7-6-18(2)22(30)13-20)33-27(39-25)14-24(36)23-15-32-26(16-31-23)34-11-8-19(9-12-34)29(37)38/h6-7,13,15-16,19,21H,3-5,8-12,14,17H2,1-2H3,(H,37,38)/t21-/m1/s1. The normalized spacial score (nSPS) is 18.5. The van der Waals surface area contributed by atoms with Crippen LogP contribution in [0.15, 0.2) is 30.6 Å². The number of halogens is 1. The maximum absolute atomic E-state index is 13.2. The summed E-state index contributed by atoms with van der Waals surface area (Å²) in [6.45, 7) is 7.35. The molecule has 1 atom stereocenters. The van der Waals surface area contributed by atoms with Gasteiger partial charge in [0, 0.05) is 41.1 Å². The first-order valence-electron chi connectivity index (χ1n) is 13.6. The number of hydrogen-bond donors (Lipinski definition) is 1. The van der Waals surface area contributed by atoms with Gasteiger partial charge >= 0.3 is 5.97 Å². The number of benzene rings is 1. The summed E-state index contributed by atoms with van der Waals surface area (Å²) >= 11 is 8.05. The summed E-state index contributed by atoms with van der Waals surface area (Å²) in [6, 6.07) is 6.61. The van der Waals surface area contributed by atoms with Crippen LogP contribution in [0.1, 0.15) is 65.0 Å². The van der Waals surface area contributed by atoms with Gasteiger partial charge in [0.1, 0.15) is 16.5 Å². The number of carboxylic acids is 1. The first-order chi connectivity index (χ1) is 18.8. The molecule has 0 unspecified atom stereocenters. The molecule has 2 saturated heterocycles. The van der Waals surface area contributed by atoms with Gasteiger partial charge in [0.15, 0.2) is 5.78 Å². The molecule has 0 radical (unpaired) electrons. The lowest BCUT2D eigenvalue weighted by Gasteiger charge is -2.30. The highest BCUT2D eigenvalue weighted by Crippen LogP contribution is 2.34. The molecule has 5 rings (SSSR count). The van der Waals surface area contributed by atoms with Crippen LogP contribution in [0, 0.1) is 12.8 Å². The van der Waals surface area contributed by atoms with Gasteiger partial charge < -0.3 is 10.0 Å². The quantitative estimate of drug-likeness (QED) is 0.330. The predicted molar refractivity (Wildman–Crippen MR) is 154 cm³/mol. The maximum Gasteiger partial charge on any atom is 0.306 e. The van der Waals surface area contributed by atoms with Crippen molar-refractivity contribution in [3.8, 4) is 11.3 Å². The SMILES string of the molecule is CC[C@@H]1CCCN1Cc1sc(CC(=O)c2cnc(N3CCC(C(=O)O)CC3)cn2)nc1-c1ccc(C)c(Cl)c1. The number of rotatable bonds is 9. The van der Waals surface area contributed by atoms with E-state index in [1.54, 1.807) is 17.5 Å². The maximum atomic E-state index is 13.2. The summed E-state index contributed by atoms with van der Waals surface area (Å²) in [5.74, 6) is -0.509. The van der Waals surface area contributed by atoms with Crippen molar-refractivity contribution in [2.75, 3.05) is 24.5 Å². The van der Waals surface area contributed by atoms with E-state index in [-0.39, 0.29) is 18.1 Å².